The second kappa shape index (κ2) is 11.1. The van der Waals surface area contributed by atoms with Gasteiger partial charge in [-0.25, -0.2) is 13.8 Å². The number of nitrogens with one attached hydrogen (secondary N) is 1. The van der Waals surface area contributed by atoms with E-state index >= 15 is 0 Å². The number of aromatic hydroxyl groups is 1. The number of carbonyl (C=O) groups excluding carboxylic acids is 1. The summed E-state index contributed by atoms with van der Waals surface area (Å²) < 4.78 is 33.2. The van der Waals surface area contributed by atoms with E-state index in [1.165, 1.54) is 56.6 Å². The van der Waals surface area contributed by atoms with E-state index in [2.05, 4.69) is 10.5 Å². The Kier molecular flexibility index (Phi) is 8.12. The van der Waals surface area contributed by atoms with Crippen LogP contribution >= 0.6 is 11.6 Å². The Bertz CT molecular complexity index is 1440. The number of methoxy groups -OCH3 is 1. The summed E-state index contributed by atoms with van der Waals surface area (Å²) in [5, 5.41) is 25.1. The first-order chi connectivity index (χ1) is 17.0. The topological polar surface area (TPSA) is 151 Å². The van der Waals surface area contributed by atoms with Crippen molar-refractivity contribution < 1.29 is 28.0 Å². The molecule has 3 rings (SSSR count). The van der Waals surface area contributed by atoms with E-state index < -0.39 is 38.0 Å². The zero-order valence-electron chi connectivity index (χ0n) is 19.1. The van der Waals surface area contributed by atoms with Gasteiger partial charge in [0.25, 0.3) is 21.6 Å². The molecule has 3 aromatic rings. The number of hydrogen-bond acceptors (Lipinski definition) is 8. The number of phenols is 1. The summed E-state index contributed by atoms with van der Waals surface area (Å²) in [5.74, 6) is -0.812. The van der Waals surface area contributed by atoms with Gasteiger partial charge in [0.1, 0.15) is 18.0 Å². The average Bonchev–Trinajstić information content (AvgIpc) is 2.83. The highest BCUT2D eigenvalue weighted by atomic mass is 35.5. The fourth-order valence-electron chi connectivity index (χ4n) is 3.17. The lowest BCUT2D eigenvalue weighted by Gasteiger charge is -2.25. The van der Waals surface area contributed by atoms with Crippen molar-refractivity contribution in [3.05, 3.63) is 86.9 Å². The normalized spacial score (nSPS) is 11.3. The fraction of sp³-hybridized carbons (Fsp3) is 0.130. The van der Waals surface area contributed by atoms with Gasteiger partial charge in [-0.3, -0.25) is 19.2 Å². The van der Waals surface area contributed by atoms with Crippen LogP contribution in [0.5, 0.6) is 11.5 Å². The van der Waals surface area contributed by atoms with Gasteiger partial charge in [-0.1, -0.05) is 29.8 Å². The smallest absolute Gasteiger partial charge is 0.273 e. The number of ether oxygens (including phenoxy) is 1. The largest absolute Gasteiger partial charge is 0.507 e. The minimum absolute atomic E-state index is 0.0620. The van der Waals surface area contributed by atoms with Crippen LogP contribution in [0.1, 0.15) is 11.1 Å². The molecule has 3 aromatic carbocycles. The van der Waals surface area contributed by atoms with Gasteiger partial charge in [-0.2, -0.15) is 5.10 Å². The van der Waals surface area contributed by atoms with Gasteiger partial charge in [-0.15, -0.1) is 0 Å². The van der Waals surface area contributed by atoms with E-state index in [4.69, 9.17) is 16.3 Å². The number of rotatable bonds is 9. The van der Waals surface area contributed by atoms with Gasteiger partial charge in [0.15, 0.2) is 0 Å². The molecule has 13 heteroatoms. The number of nitrogens with zero attached hydrogens (tertiary/aromatic N) is 3. The molecule has 0 bridgehead atoms. The number of anilines is 1. The van der Waals surface area contributed by atoms with E-state index in [1.807, 2.05) is 0 Å². The number of nitro groups is 1. The van der Waals surface area contributed by atoms with Crippen molar-refractivity contribution in [2.75, 3.05) is 18.0 Å². The zero-order chi connectivity index (χ0) is 26.5. The molecule has 1 amide bonds. The Hall–Kier alpha value is -4.16. The van der Waals surface area contributed by atoms with Crippen molar-refractivity contribution in [2.45, 2.75) is 11.8 Å². The molecule has 0 aromatic heterocycles. The molecule has 0 spiro atoms. The predicted molar refractivity (Wildman–Crippen MR) is 134 cm³/mol. The Morgan fingerprint density at radius 2 is 1.94 bits per heavy atom. The van der Waals surface area contributed by atoms with Crippen molar-refractivity contribution in [2.24, 2.45) is 5.10 Å². The molecular formula is C23H21ClN4O7S. The van der Waals surface area contributed by atoms with Gasteiger partial charge in [0, 0.05) is 22.2 Å². The minimum atomic E-state index is -4.52. The monoisotopic (exact) mass is 532 g/mol. The fourth-order valence-corrected chi connectivity index (χ4v) is 4.78. The van der Waals surface area contributed by atoms with Gasteiger partial charge in [-0.05, 0) is 43.3 Å². The van der Waals surface area contributed by atoms with Gasteiger partial charge >= 0.3 is 0 Å². The van der Waals surface area contributed by atoms with Crippen LogP contribution in [-0.4, -0.2) is 44.2 Å². The van der Waals surface area contributed by atoms with Gasteiger partial charge in [0.05, 0.1) is 28.8 Å². The highest BCUT2D eigenvalue weighted by Gasteiger charge is 2.31. The minimum Gasteiger partial charge on any atom is -0.507 e. The van der Waals surface area contributed by atoms with E-state index in [9.17, 15) is 28.4 Å². The van der Waals surface area contributed by atoms with Gasteiger partial charge < -0.3 is 9.84 Å². The standard InChI is InChI=1S/C23H21ClN4O7S/c1-15-7-9-18(12-19(15)28(31)32)36(33,34)27(20-11-17(24)8-10-22(20)35-2)14-23(30)26-25-13-16-5-3-4-6-21(16)29/h3-13,29H,14H2,1-2H3,(H,26,30)/b25-13-. The van der Waals surface area contributed by atoms with Crippen molar-refractivity contribution >= 4 is 45.1 Å². The third kappa shape index (κ3) is 5.90. The molecule has 0 heterocycles. The van der Waals surface area contributed by atoms with E-state index in [0.717, 1.165) is 10.4 Å². The predicted octanol–water partition coefficient (Wildman–Crippen LogP) is 3.62. The third-order valence-electron chi connectivity index (χ3n) is 4.99. The Labute approximate surface area is 211 Å². The molecule has 0 unspecified atom stereocenters. The average molecular weight is 533 g/mol. The highest BCUT2D eigenvalue weighted by Crippen LogP contribution is 2.35. The third-order valence-corrected chi connectivity index (χ3v) is 6.98. The van der Waals surface area contributed by atoms with Gasteiger partial charge in [0.2, 0.25) is 0 Å². The van der Waals surface area contributed by atoms with Crippen LogP contribution in [0.2, 0.25) is 5.02 Å². The number of hydrogen-bond donors (Lipinski definition) is 2. The first kappa shape index (κ1) is 26.4. The van der Waals surface area contributed by atoms with Crippen LogP contribution in [0.25, 0.3) is 0 Å². The van der Waals surface area contributed by atoms with E-state index in [-0.39, 0.29) is 27.8 Å². The number of benzene rings is 3. The van der Waals surface area contributed by atoms with E-state index in [1.54, 1.807) is 18.2 Å². The maximum Gasteiger partial charge on any atom is 0.273 e. The summed E-state index contributed by atoms with van der Waals surface area (Å²) in [6.45, 7) is 0.709. The highest BCUT2D eigenvalue weighted by molar-refractivity contribution is 7.92. The molecule has 11 nitrogen and oxygen atoms in total. The van der Waals surface area contributed by atoms with Crippen LogP contribution in [-0.2, 0) is 14.8 Å². The number of nitro benzene ring substituents is 1. The quantitative estimate of drug-likeness (QED) is 0.242. The maximum atomic E-state index is 13.6. The molecule has 2 N–H and O–H groups in total. The number of hydrazone groups is 1. The molecule has 0 saturated heterocycles. The summed E-state index contributed by atoms with van der Waals surface area (Å²) in [6.07, 6.45) is 1.19. The summed E-state index contributed by atoms with van der Waals surface area (Å²) >= 11 is 6.09. The Morgan fingerprint density at radius 3 is 2.61 bits per heavy atom. The molecule has 36 heavy (non-hydrogen) atoms. The SMILES string of the molecule is COc1ccc(Cl)cc1N(CC(=O)N/N=C\c1ccccc1O)S(=O)(=O)c1ccc(C)c([N+](=O)[O-])c1. The first-order valence-corrected chi connectivity index (χ1v) is 12.1. The van der Waals surface area contributed by atoms with Crippen molar-refractivity contribution in [1.29, 1.82) is 0 Å². The Morgan fingerprint density at radius 1 is 1.22 bits per heavy atom. The molecule has 0 atom stereocenters. The number of carbonyl (C=O) groups is 1. The lowest BCUT2D eigenvalue weighted by Crippen LogP contribution is -2.39. The molecule has 0 saturated carbocycles. The molecule has 188 valence electrons. The zero-order valence-corrected chi connectivity index (χ0v) is 20.7. The van der Waals surface area contributed by atoms with Crippen molar-refractivity contribution in [3.8, 4) is 11.5 Å². The molecule has 0 aliphatic carbocycles. The molecule has 0 fully saturated rings. The van der Waals surface area contributed by atoms with Crippen molar-refractivity contribution in [3.63, 3.8) is 0 Å². The van der Waals surface area contributed by atoms with Crippen LogP contribution < -0.4 is 14.5 Å². The lowest BCUT2D eigenvalue weighted by atomic mass is 10.2. The number of halogens is 1. The molecule has 0 aliphatic rings. The number of phenolic OH excluding ortho intramolecular Hbond substituents is 1. The lowest BCUT2D eigenvalue weighted by molar-refractivity contribution is -0.385. The van der Waals surface area contributed by atoms with Crippen molar-refractivity contribution in [1.82, 2.24) is 5.43 Å². The number of amides is 1. The molecular weight excluding hydrogens is 512 g/mol. The number of sulfonamides is 1. The second-order valence-electron chi connectivity index (χ2n) is 7.39. The molecule has 0 radical (unpaired) electrons. The van der Waals surface area contributed by atoms with Crippen LogP contribution in [0.3, 0.4) is 0 Å². The van der Waals surface area contributed by atoms with Crippen LogP contribution in [0.4, 0.5) is 11.4 Å². The van der Waals surface area contributed by atoms with E-state index in [0.29, 0.717) is 5.56 Å². The summed E-state index contributed by atoms with van der Waals surface area (Å²) in [5.41, 5.74) is 2.34. The summed E-state index contributed by atoms with van der Waals surface area (Å²) in [4.78, 5) is 23.0. The number of aryl methyl sites for hydroxylation is 1. The summed E-state index contributed by atoms with van der Waals surface area (Å²) in [6, 6.07) is 13.9. The summed E-state index contributed by atoms with van der Waals surface area (Å²) in [7, 11) is -3.21. The second-order valence-corrected chi connectivity index (χ2v) is 9.68. The van der Waals surface area contributed by atoms with Crippen LogP contribution in [0, 0.1) is 17.0 Å². The Balaban J connectivity index is 2.01. The maximum absolute atomic E-state index is 13.6. The van der Waals surface area contributed by atoms with Crippen LogP contribution in [0.15, 0.2) is 70.7 Å². The number of para-hydroxylation sites is 1. The molecule has 0 aliphatic heterocycles. The first-order valence-electron chi connectivity index (χ1n) is 10.3.